The molecule has 0 bridgehead atoms. The number of nitrogens with zero attached hydrogens (tertiary/aromatic N) is 1. The molecular weight excluding hydrogens is 262 g/mol. The maximum absolute atomic E-state index is 11.7. The van der Waals surface area contributed by atoms with Gasteiger partial charge in [0.2, 0.25) is 0 Å². The van der Waals surface area contributed by atoms with E-state index in [-0.39, 0.29) is 0 Å². The SMILES string of the molecule is COc1cccc([C@@H](C(=O)O)N2CCOCC2)c1OC. The fourth-order valence-corrected chi connectivity index (χ4v) is 2.45. The molecule has 1 saturated heterocycles. The summed E-state index contributed by atoms with van der Waals surface area (Å²) in [5.74, 6) is 0.0943. The molecule has 1 N–H and O–H groups in total. The first-order valence-electron chi connectivity index (χ1n) is 6.44. The minimum atomic E-state index is -0.904. The molecule has 1 aromatic rings. The quantitative estimate of drug-likeness (QED) is 0.873. The number of aliphatic carboxylic acids is 1. The Kier molecular flexibility index (Phi) is 4.81. The van der Waals surface area contributed by atoms with Gasteiger partial charge in [-0.05, 0) is 6.07 Å². The van der Waals surface area contributed by atoms with E-state index in [2.05, 4.69) is 0 Å². The average molecular weight is 281 g/mol. The van der Waals surface area contributed by atoms with Gasteiger partial charge < -0.3 is 19.3 Å². The Bertz CT molecular complexity index is 471. The predicted molar refractivity (Wildman–Crippen MR) is 72.3 cm³/mol. The van der Waals surface area contributed by atoms with E-state index in [9.17, 15) is 9.90 Å². The van der Waals surface area contributed by atoms with Gasteiger partial charge in [-0.1, -0.05) is 12.1 Å². The molecule has 1 aromatic carbocycles. The fraction of sp³-hybridized carbons (Fsp3) is 0.500. The lowest BCUT2D eigenvalue weighted by molar-refractivity contribution is -0.145. The summed E-state index contributed by atoms with van der Waals surface area (Å²) in [6.45, 7) is 2.24. The van der Waals surface area contributed by atoms with Gasteiger partial charge in [-0.3, -0.25) is 9.69 Å². The summed E-state index contributed by atoms with van der Waals surface area (Å²) in [6, 6.07) is 4.52. The molecule has 0 spiro atoms. The van der Waals surface area contributed by atoms with Crippen molar-refractivity contribution in [2.24, 2.45) is 0 Å². The van der Waals surface area contributed by atoms with Gasteiger partial charge in [-0.2, -0.15) is 0 Å². The number of hydrogen-bond acceptors (Lipinski definition) is 5. The van der Waals surface area contributed by atoms with Crippen LogP contribution >= 0.6 is 0 Å². The number of carbonyl (C=O) groups is 1. The molecule has 0 saturated carbocycles. The highest BCUT2D eigenvalue weighted by atomic mass is 16.5. The fourth-order valence-electron chi connectivity index (χ4n) is 2.45. The molecule has 2 rings (SSSR count). The predicted octanol–water partition coefficient (Wildman–Crippen LogP) is 1.16. The molecule has 6 heteroatoms. The Morgan fingerprint density at radius 3 is 2.55 bits per heavy atom. The minimum Gasteiger partial charge on any atom is -0.493 e. The average Bonchev–Trinajstić information content (AvgIpc) is 2.48. The second-order valence-corrected chi connectivity index (χ2v) is 4.47. The molecule has 0 aliphatic carbocycles. The lowest BCUT2D eigenvalue weighted by Gasteiger charge is -2.32. The summed E-state index contributed by atoms with van der Waals surface area (Å²) in [4.78, 5) is 13.6. The van der Waals surface area contributed by atoms with E-state index in [4.69, 9.17) is 14.2 Å². The molecule has 1 aliphatic rings. The number of methoxy groups -OCH3 is 2. The molecule has 1 atom stereocenters. The van der Waals surface area contributed by atoms with Crippen molar-refractivity contribution in [1.82, 2.24) is 4.90 Å². The summed E-state index contributed by atoms with van der Waals surface area (Å²) in [5, 5.41) is 9.58. The van der Waals surface area contributed by atoms with E-state index in [0.29, 0.717) is 43.4 Å². The zero-order chi connectivity index (χ0) is 14.5. The second-order valence-electron chi connectivity index (χ2n) is 4.47. The summed E-state index contributed by atoms with van der Waals surface area (Å²) in [6.07, 6.45) is 0. The summed E-state index contributed by atoms with van der Waals surface area (Å²) >= 11 is 0. The van der Waals surface area contributed by atoms with Crippen LogP contribution in [0.25, 0.3) is 0 Å². The van der Waals surface area contributed by atoms with E-state index in [1.54, 1.807) is 18.2 Å². The van der Waals surface area contributed by atoms with Crippen LogP contribution in [-0.4, -0.2) is 56.5 Å². The Balaban J connectivity index is 2.40. The highest BCUT2D eigenvalue weighted by Gasteiger charge is 2.32. The Labute approximate surface area is 117 Å². The Morgan fingerprint density at radius 2 is 2.00 bits per heavy atom. The number of rotatable bonds is 5. The Morgan fingerprint density at radius 1 is 1.30 bits per heavy atom. The van der Waals surface area contributed by atoms with Gasteiger partial charge in [-0.25, -0.2) is 0 Å². The van der Waals surface area contributed by atoms with Crippen molar-refractivity contribution in [1.29, 1.82) is 0 Å². The largest absolute Gasteiger partial charge is 0.493 e. The zero-order valence-corrected chi connectivity index (χ0v) is 11.7. The van der Waals surface area contributed by atoms with Crippen LogP contribution in [0.5, 0.6) is 11.5 Å². The number of carboxylic acids is 1. The normalized spacial score (nSPS) is 17.5. The monoisotopic (exact) mass is 281 g/mol. The zero-order valence-electron chi connectivity index (χ0n) is 11.7. The standard InChI is InChI=1S/C14H19NO5/c1-18-11-5-3-4-10(13(11)19-2)12(14(16)17)15-6-8-20-9-7-15/h3-5,12H,6-9H2,1-2H3,(H,16,17)/t12-/m0/s1. The molecule has 1 heterocycles. The van der Waals surface area contributed by atoms with Crippen LogP contribution in [0.4, 0.5) is 0 Å². The maximum Gasteiger partial charge on any atom is 0.325 e. The number of ether oxygens (including phenoxy) is 3. The van der Waals surface area contributed by atoms with Crippen LogP contribution in [0, 0.1) is 0 Å². The van der Waals surface area contributed by atoms with Crippen LogP contribution in [0.2, 0.25) is 0 Å². The third kappa shape index (κ3) is 2.86. The molecule has 0 aromatic heterocycles. The van der Waals surface area contributed by atoms with E-state index < -0.39 is 12.0 Å². The molecule has 1 aliphatic heterocycles. The lowest BCUT2D eigenvalue weighted by Crippen LogP contribution is -2.42. The van der Waals surface area contributed by atoms with Crippen molar-refractivity contribution < 1.29 is 24.1 Å². The van der Waals surface area contributed by atoms with Crippen LogP contribution in [0.3, 0.4) is 0 Å². The molecule has 0 unspecified atom stereocenters. The summed E-state index contributed by atoms with van der Waals surface area (Å²) in [7, 11) is 3.05. The highest BCUT2D eigenvalue weighted by molar-refractivity contribution is 5.77. The number of benzene rings is 1. The van der Waals surface area contributed by atoms with Crippen molar-refractivity contribution >= 4 is 5.97 Å². The van der Waals surface area contributed by atoms with Gasteiger partial charge in [-0.15, -0.1) is 0 Å². The number of carboxylic acid groups (broad SMARTS) is 1. The maximum atomic E-state index is 11.7. The number of morpholine rings is 1. The van der Waals surface area contributed by atoms with Crippen molar-refractivity contribution in [3.63, 3.8) is 0 Å². The third-order valence-corrected chi connectivity index (χ3v) is 3.37. The molecule has 110 valence electrons. The van der Waals surface area contributed by atoms with Crippen LogP contribution in [0.1, 0.15) is 11.6 Å². The third-order valence-electron chi connectivity index (χ3n) is 3.37. The first kappa shape index (κ1) is 14.6. The van der Waals surface area contributed by atoms with E-state index in [1.165, 1.54) is 14.2 Å². The Hall–Kier alpha value is -1.79. The van der Waals surface area contributed by atoms with Gasteiger partial charge in [0.1, 0.15) is 6.04 Å². The van der Waals surface area contributed by atoms with E-state index in [1.807, 2.05) is 4.90 Å². The van der Waals surface area contributed by atoms with Crippen LogP contribution < -0.4 is 9.47 Å². The summed E-state index contributed by atoms with van der Waals surface area (Å²) in [5.41, 5.74) is 0.598. The first-order chi connectivity index (χ1) is 9.69. The van der Waals surface area contributed by atoms with Gasteiger partial charge >= 0.3 is 5.97 Å². The smallest absolute Gasteiger partial charge is 0.325 e. The molecule has 0 radical (unpaired) electrons. The minimum absolute atomic E-state index is 0.467. The summed E-state index contributed by atoms with van der Waals surface area (Å²) < 4.78 is 15.9. The van der Waals surface area contributed by atoms with E-state index >= 15 is 0 Å². The topological polar surface area (TPSA) is 68.2 Å². The molecule has 1 fully saturated rings. The molecule has 20 heavy (non-hydrogen) atoms. The second kappa shape index (κ2) is 6.58. The van der Waals surface area contributed by atoms with Gasteiger partial charge in [0.05, 0.1) is 27.4 Å². The molecule has 0 amide bonds. The van der Waals surface area contributed by atoms with Crippen molar-refractivity contribution in [2.45, 2.75) is 6.04 Å². The van der Waals surface area contributed by atoms with Gasteiger partial charge in [0.25, 0.3) is 0 Å². The van der Waals surface area contributed by atoms with Gasteiger partial charge in [0.15, 0.2) is 11.5 Å². The van der Waals surface area contributed by atoms with Crippen molar-refractivity contribution in [2.75, 3.05) is 40.5 Å². The molecular formula is C14H19NO5. The van der Waals surface area contributed by atoms with Crippen LogP contribution in [-0.2, 0) is 9.53 Å². The molecule has 6 nitrogen and oxygen atoms in total. The van der Waals surface area contributed by atoms with E-state index in [0.717, 1.165) is 0 Å². The lowest BCUT2D eigenvalue weighted by atomic mass is 10.0. The highest BCUT2D eigenvalue weighted by Crippen LogP contribution is 2.37. The van der Waals surface area contributed by atoms with Crippen molar-refractivity contribution in [3.05, 3.63) is 23.8 Å². The van der Waals surface area contributed by atoms with Crippen LogP contribution in [0.15, 0.2) is 18.2 Å². The van der Waals surface area contributed by atoms with Gasteiger partial charge in [0, 0.05) is 18.7 Å². The number of hydrogen-bond donors (Lipinski definition) is 1. The first-order valence-corrected chi connectivity index (χ1v) is 6.44. The van der Waals surface area contributed by atoms with Crippen molar-refractivity contribution in [3.8, 4) is 11.5 Å². The number of para-hydroxylation sites is 1.